The van der Waals surface area contributed by atoms with E-state index < -0.39 is 0 Å². The first-order chi connectivity index (χ1) is 17.1. The highest BCUT2D eigenvalue weighted by Gasteiger charge is 2.30. The molecule has 0 radical (unpaired) electrons. The minimum Gasteiger partial charge on any atom is -0.468 e. The molecule has 2 aliphatic carbocycles. The molecule has 2 fully saturated rings. The lowest BCUT2D eigenvalue weighted by Gasteiger charge is -2.35. The molecule has 2 aliphatic rings. The summed E-state index contributed by atoms with van der Waals surface area (Å²) >= 11 is 0. The first-order valence-corrected chi connectivity index (χ1v) is 12.9. The summed E-state index contributed by atoms with van der Waals surface area (Å²) in [6.07, 6.45) is 11.0. The van der Waals surface area contributed by atoms with E-state index in [9.17, 15) is 9.59 Å². The molecular formula is C27H37N5O3. The highest BCUT2D eigenvalue weighted by Crippen LogP contribution is 2.34. The minimum atomic E-state index is -0.334. The zero-order valence-electron chi connectivity index (χ0n) is 20.8. The summed E-state index contributed by atoms with van der Waals surface area (Å²) in [6, 6.07) is 9.58. The summed E-state index contributed by atoms with van der Waals surface area (Å²) in [5, 5.41) is 6.15. The van der Waals surface area contributed by atoms with Gasteiger partial charge in [0, 0.05) is 30.9 Å². The number of aromatic nitrogens is 2. The number of carbonyl (C=O) groups excluding carboxylic acids is 2. The predicted octanol–water partition coefficient (Wildman–Crippen LogP) is 4.32. The van der Waals surface area contributed by atoms with Gasteiger partial charge >= 0.3 is 5.97 Å². The van der Waals surface area contributed by atoms with Crippen LogP contribution in [0.4, 0.5) is 11.5 Å². The van der Waals surface area contributed by atoms with Crippen LogP contribution in [0.5, 0.6) is 0 Å². The van der Waals surface area contributed by atoms with E-state index >= 15 is 0 Å². The zero-order valence-corrected chi connectivity index (χ0v) is 20.8. The number of amides is 1. The number of benzene rings is 1. The highest BCUT2D eigenvalue weighted by atomic mass is 16.5. The van der Waals surface area contributed by atoms with Crippen LogP contribution in [0, 0.1) is 5.92 Å². The fraction of sp³-hybridized carbons (Fsp3) is 0.556. The van der Waals surface area contributed by atoms with Crippen molar-refractivity contribution in [1.29, 1.82) is 0 Å². The molecule has 0 bridgehead atoms. The molecule has 2 saturated carbocycles. The number of hydrogen-bond acceptors (Lipinski definition) is 7. The summed E-state index contributed by atoms with van der Waals surface area (Å²) in [5.74, 6) is 1.10. The smallest absolute Gasteiger partial charge is 0.322 e. The van der Waals surface area contributed by atoms with Gasteiger partial charge in [0.1, 0.15) is 23.9 Å². The Balaban J connectivity index is 1.38. The van der Waals surface area contributed by atoms with E-state index in [1.54, 1.807) is 0 Å². The van der Waals surface area contributed by atoms with Gasteiger partial charge in [-0.3, -0.25) is 9.59 Å². The van der Waals surface area contributed by atoms with Crippen molar-refractivity contribution in [3.63, 3.8) is 0 Å². The molecule has 1 heterocycles. The van der Waals surface area contributed by atoms with Gasteiger partial charge < -0.3 is 20.3 Å². The molecule has 2 N–H and O–H groups in total. The number of nitrogens with one attached hydrogen (secondary N) is 2. The molecule has 1 amide bonds. The number of esters is 1. The van der Waals surface area contributed by atoms with E-state index in [0.717, 1.165) is 23.8 Å². The van der Waals surface area contributed by atoms with Gasteiger partial charge in [-0.1, -0.05) is 38.3 Å². The maximum Gasteiger partial charge on any atom is 0.322 e. The number of ether oxygens (including phenoxy) is 1. The van der Waals surface area contributed by atoms with Crippen molar-refractivity contribution in [3.8, 4) is 0 Å². The summed E-state index contributed by atoms with van der Waals surface area (Å²) in [4.78, 5) is 35.9. The molecule has 188 valence electrons. The molecule has 2 aromatic rings. The zero-order chi connectivity index (χ0) is 24.6. The maximum absolute atomic E-state index is 13.0. The van der Waals surface area contributed by atoms with Gasteiger partial charge in [0.15, 0.2) is 0 Å². The Morgan fingerprint density at radius 2 is 1.83 bits per heavy atom. The third kappa shape index (κ3) is 7.01. The Morgan fingerprint density at radius 1 is 1.09 bits per heavy atom. The van der Waals surface area contributed by atoms with E-state index in [2.05, 4.69) is 25.5 Å². The second kappa shape index (κ2) is 12.1. The van der Waals surface area contributed by atoms with Crippen molar-refractivity contribution in [1.82, 2.24) is 15.3 Å². The quantitative estimate of drug-likeness (QED) is 0.463. The second-order valence-electron chi connectivity index (χ2n) is 9.66. The number of nitrogens with zero attached hydrogens (tertiary/aromatic N) is 3. The molecule has 0 saturated heterocycles. The second-order valence-corrected chi connectivity index (χ2v) is 9.66. The van der Waals surface area contributed by atoms with Gasteiger partial charge in [0.25, 0.3) is 5.91 Å². The van der Waals surface area contributed by atoms with Crippen molar-refractivity contribution in [2.75, 3.05) is 23.9 Å². The van der Waals surface area contributed by atoms with E-state index in [1.807, 2.05) is 37.3 Å². The third-order valence-corrected chi connectivity index (χ3v) is 7.01. The van der Waals surface area contributed by atoms with Gasteiger partial charge in [-0.2, -0.15) is 0 Å². The predicted molar refractivity (Wildman–Crippen MR) is 136 cm³/mol. The Bertz CT molecular complexity index is 987. The number of rotatable bonds is 11. The van der Waals surface area contributed by atoms with Gasteiger partial charge in [0.05, 0.1) is 7.11 Å². The molecule has 0 aliphatic heterocycles. The molecule has 8 nitrogen and oxygen atoms in total. The molecule has 1 unspecified atom stereocenters. The Hall–Kier alpha value is -3.00. The topological polar surface area (TPSA) is 96.5 Å². The van der Waals surface area contributed by atoms with Crippen molar-refractivity contribution >= 4 is 23.4 Å². The van der Waals surface area contributed by atoms with Gasteiger partial charge in [-0.25, -0.2) is 9.97 Å². The van der Waals surface area contributed by atoms with Crippen molar-refractivity contribution in [2.24, 2.45) is 5.92 Å². The normalized spacial score (nSPS) is 17.0. The third-order valence-electron chi connectivity index (χ3n) is 7.01. The highest BCUT2D eigenvalue weighted by molar-refractivity contribution is 6.03. The van der Waals surface area contributed by atoms with Crippen LogP contribution < -0.4 is 15.5 Å². The van der Waals surface area contributed by atoms with Crippen LogP contribution in [0.2, 0.25) is 0 Å². The standard InChI is InChI=1S/C27H37N5O3/c1-3-23(27(34)35-2)28-16-19-11-13-21(14-12-19)31-26(33)24-15-25(30-18-29-24)32(17-20-9-10-20)22-7-5-4-6-8-22/h11-15,18,20,22-23,28H,3-10,16-17H2,1-2H3,(H,31,33). The van der Waals surface area contributed by atoms with Crippen LogP contribution in [0.25, 0.3) is 0 Å². The molecule has 0 spiro atoms. The molecule has 1 atom stereocenters. The summed E-state index contributed by atoms with van der Waals surface area (Å²) in [5.41, 5.74) is 2.08. The summed E-state index contributed by atoms with van der Waals surface area (Å²) < 4.78 is 4.81. The Labute approximate surface area is 207 Å². The Kier molecular flexibility index (Phi) is 8.69. The average molecular weight is 480 g/mol. The molecule has 35 heavy (non-hydrogen) atoms. The largest absolute Gasteiger partial charge is 0.468 e. The molecule has 1 aromatic heterocycles. The molecule has 8 heteroatoms. The lowest BCUT2D eigenvalue weighted by molar-refractivity contribution is -0.143. The van der Waals surface area contributed by atoms with Crippen LogP contribution in [-0.2, 0) is 16.1 Å². The number of anilines is 2. The van der Waals surface area contributed by atoms with Crippen molar-refractivity contribution in [3.05, 3.63) is 47.9 Å². The molecule has 4 rings (SSSR count). The Morgan fingerprint density at radius 3 is 2.49 bits per heavy atom. The lowest BCUT2D eigenvalue weighted by Crippen LogP contribution is -2.39. The number of hydrogen-bond donors (Lipinski definition) is 2. The van der Waals surface area contributed by atoms with Gasteiger partial charge in [0.2, 0.25) is 0 Å². The van der Waals surface area contributed by atoms with Gasteiger partial charge in [-0.15, -0.1) is 0 Å². The molecule has 1 aromatic carbocycles. The van der Waals surface area contributed by atoms with Gasteiger partial charge in [-0.05, 0) is 55.7 Å². The van der Waals surface area contributed by atoms with Crippen molar-refractivity contribution < 1.29 is 14.3 Å². The van der Waals surface area contributed by atoms with E-state index in [0.29, 0.717) is 30.4 Å². The van der Waals surface area contributed by atoms with Crippen LogP contribution in [-0.4, -0.2) is 47.6 Å². The average Bonchev–Trinajstić information content (AvgIpc) is 3.73. The number of carbonyl (C=O) groups is 2. The van der Waals surface area contributed by atoms with Crippen LogP contribution >= 0.6 is 0 Å². The van der Waals surface area contributed by atoms with Crippen molar-refractivity contribution in [2.45, 2.75) is 76.9 Å². The fourth-order valence-electron chi connectivity index (χ4n) is 4.71. The molecular weight excluding hydrogens is 442 g/mol. The van der Waals surface area contributed by atoms with E-state index in [4.69, 9.17) is 4.74 Å². The van der Waals surface area contributed by atoms with E-state index in [1.165, 1.54) is 58.4 Å². The van der Waals surface area contributed by atoms with E-state index in [-0.39, 0.29) is 17.9 Å². The van der Waals surface area contributed by atoms with Crippen LogP contribution in [0.3, 0.4) is 0 Å². The first-order valence-electron chi connectivity index (χ1n) is 12.9. The SMILES string of the molecule is CCC(NCc1ccc(NC(=O)c2cc(N(CC3CC3)C3CCCCC3)ncn2)cc1)C(=O)OC. The first kappa shape index (κ1) is 25.1. The van der Waals surface area contributed by atoms with Crippen LogP contribution in [0.15, 0.2) is 36.7 Å². The summed E-state index contributed by atoms with van der Waals surface area (Å²) in [7, 11) is 1.39. The minimum absolute atomic E-state index is 0.244. The lowest BCUT2D eigenvalue weighted by atomic mass is 9.94. The fourth-order valence-corrected chi connectivity index (χ4v) is 4.71. The monoisotopic (exact) mass is 479 g/mol. The van der Waals surface area contributed by atoms with Crippen LogP contribution in [0.1, 0.15) is 74.3 Å². The maximum atomic E-state index is 13.0. The summed E-state index contributed by atoms with van der Waals surface area (Å²) in [6.45, 7) is 3.49. The number of methoxy groups -OCH3 is 1.